The molecule has 0 rings (SSSR count). The molecule has 6 nitrogen and oxygen atoms in total. The number of esters is 1. The zero-order chi connectivity index (χ0) is 38.0. The number of nitrogens with one attached hydrogen (secondary N) is 1. The van der Waals surface area contributed by atoms with E-state index in [4.69, 9.17) is 4.74 Å². The molecule has 308 valence electrons. The van der Waals surface area contributed by atoms with Crippen molar-refractivity contribution < 1.29 is 24.5 Å². The number of unbranched alkanes of at least 4 members (excludes halogenated alkanes) is 29. The van der Waals surface area contributed by atoms with Crippen LogP contribution in [0.4, 0.5) is 0 Å². The van der Waals surface area contributed by atoms with Crippen LogP contribution in [0, 0.1) is 0 Å². The number of rotatable bonds is 42. The van der Waals surface area contributed by atoms with Crippen molar-refractivity contribution in [1.82, 2.24) is 5.32 Å². The second kappa shape index (κ2) is 42.3. The third-order valence-electron chi connectivity index (χ3n) is 10.6. The normalized spacial score (nSPS) is 12.8. The Bertz CT molecular complexity index is 772. The fourth-order valence-corrected chi connectivity index (χ4v) is 6.98. The lowest BCUT2D eigenvalue weighted by Gasteiger charge is -2.22. The second-order valence-electron chi connectivity index (χ2n) is 15.7. The van der Waals surface area contributed by atoms with Gasteiger partial charge in [-0.1, -0.05) is 193 Å². The van der Waals surface area contributed by atoms with Gasteiger partial charge in [-0.2, -0.15) is 0 Å². The molecule has 0 spiro atoms. The summed E-state index contributed by atoms with van der Waals surface area (Å²) in [6.07, 6.45) is 45.9. The first-order valence-electron chi connectivity index (χ1n) is 22.9. The molecule has 0 aliphatic carbocycles. The van der Waals surface area contributed by atoms with Crippen molar-refractivity contribution in [2.45, 2.75) is 257 Å². The van der Waals surface area contributed by atoms with E-state index in [0.29, 0.717) is 25.9 Å². The minimum Gasteiger partial charge on any atom is -0.466 e. The van der Waals surface area contributed by atoms with Crippen LogP contribution in [0.3, 0.4) is 0 Å². The van der Waals surface area contributed by atoms with E-state index in [1.54, 1.807) is 0 Å². The summed E-state index contributed by atoms with van der Waals surface area (Å²) in [6, 6.07) is -0.559. The fourth-order valence-electron chi connectivity index (χ4n) is 6.98. The molecule has 2 unspecified atom stereocenters. The quantitative estimate of drug-likeness (QED) is 0.0329. The number of hydrogen-bond acceptors (Lipinski definition) is 5. The van der Waals surface area contributed by atoms with Crippen molar-refractivity contribution in [1.29, 1.82) is 0 Å². The van der Waals surface area contributed by atoms with E-state index in [0.717, 1.165) is 57.8 Å². The zero-order valence-electron chi connectivity index (χ0n) is 34.8. The number of amides is 1. The Labute approximate surface area is 323 Å². The van der Waals surface area contributed by atoms with Gasteiger partial charge < -0.3 is 20.3 Å². The summed E-state index contributed by atoms with van der Waals surface area (Å²) in [4.78, 5) is 24.4. The summed E-state index contributed by atoms with van der Waals surface area (Å²) in [7, 11) is 0. The van der Waals surface area contributed by atoms with Crippen molar-refractivity contribution in [2.24, 2.45) is 0 Å². The van der Waals surface area contributed by atoms with Gasteiger partial charge in [0.15, 0.2) is 0 Å². The van der Waals surface area contributed by atoms with Crippen LogP contribution in [-0.2, 0) is 14.3 Å². The molecule has 0 bridgehead atoms. The molecular weight excluding hydrogens is 647 g/mol. The molecule has 1 amide bonds. The average Bonchev–Trinajstić information content (AvgIpc) is 3.14. The van der Waals surface area contributed by atoms with Gasteiger partial charge in [-0.05, 0) is 51.4 Å². The van der Waals surface area contributed by atoms with Crippen molar-refractivity contribution in [3.63, 3.8) is 0 Å². The standard InChI is InChI=1S/C46H89NO5/c1-3-5-7-9-11-13-15-16-17-18-19-20-24-28-32-36-40-46(51)52-41-37-33-29-25-21-23-27-31-35-39-45(50)47-43(42-48)44(49)38-34-30-26-22-14-12-10-8-6-4-2/h17-18,43-44,48-49H,3-16,19-42H2,1-2H3,(H,47,50)/b18-17-. The molecule has 0 saturated carbocycles. The highest BCUT2D eigenvalue weighted by Crippen LogP contribution is 2.15. The molecule has 0 fully saturated rings. The molecule has 0 aromatic heterocycles. The van der Waals surface area contributed by atoms with E-state index < -0.39 is 12.1 Å². The highest BCUT2D eigenvalue weighted by atomic mass is 16.5. The number of hydrogen-bond donors (Lipinski definition) is 3. The minimum absolute atomic E-state index is 0.0330. The Morgan fingerprint density at radius 1 is 0.519 bits per heavy atom. The summed E-state index contributed by atoms with van der Waals surface area (Å²) in [6.45, 7) is 4.86. The van der Waals surface area contributed by atoms with Gasteiger partial charge >= 0.3 is 5.97 Å². The monoisotopic (exact) mass is 736 g/mol. The average molecular weight is 736 g/mol. The van der Waals surface area contributed by atoms with Crippen molar-refractivity contribution in [3.8, 4) is 0 Å². The first-order valence-corrected chi connectivity index (χ1v) is 22.9. The summed E-state index contributed by atoms with van der Waals surface area (Å²) >= 11 is 0. The van der Waals surface area contributed by atoms with E-state index in [9.17, 15) is 19.8 Å². The Kier molecular flexibility index (Phi) is 41.2. The van der Waals surface area contributed by atoms with Gasteiger partial charge in [0.25, 0.3) is 0 Å². The zero-order valence-corrected chi connectivity index (χ0v) is 34.8. The number of carbonyl (C=O) groups is 2. The van der Waals surface area contributed by atoms with Crippen LogP contribution in [0.2, 0.25) is 0 Å². The Morgan fingerprint density at radius 2 is 0.904 bits per heavy atom. The summed E-state index contributed by atoms with van der Waals surface area (Å²) < 4.78 is 5.44. The highest BCUT2D eigenvalue weighted by molar-refractivity contribution is 5.76. The van der Waals surface area contributed by atoms with Gasteiger partial charge in [0.05, 0.1) is 25.4 Å². The number of carbonyl (C=O) groups excluding carboxylic acids is 2. The maximum atomic E-state index is 12.4. The number of allylic oxidation sites excluding steroid dienone is 2. The lowest BCUT2D eigenvalue weighted by molar-refractivity contribution is -0.143. The lowest BCUT2D eigenvalue weighted by Crippen LogP contribution is -2.45. The first-order chi connectivity index (χ1) is 25.5. The van der Waals surface area contributed by atoms with Crippen LogP contribution < -0.4 is 5.32 Å². The van der Waals surface area contributed by atoms with E-state index >= 15 is 0 Å². The number of ether oxygens (including phenoxy) is 1. The van der Waals surface area contributed by atoms with E-state index in [1.165, 1.54) is 154 Å². The molecule has 0 aromatic carbocycles. The second-order valence-corrected chi connectivity index (χ2v) is 15.7. The van der Waals surface area contributed by atoms with Crippen LogP contribution in [-0.4, -0.2) is 47.4 Å². The third-order valence-corrected chi connectivity index (χ3v) is 10.6. The van der Waals surface area contributed by atoms with E-state index in [2.05, 4.69) is 31.3 Å². The molecule has 3 N–H and O–H groups in total. The summed E-state index contributed by atoms with van der Waals surface area (Å²) in [5.41, 5.74) is 0. The van der Waals surface area contributed by atoms with E-state index in [-0.39, 0.29) is 18.5 Å². The number of aliphatic hydroxyl groups excluding tert-OH is 2. The maximum Gasteiger partial charge on any atom is 0.305 e. The predicted molar refractivity (Wildman–Crippen MR) is 223 cm³/mol. The van der Waals surface area contributed by atoms with Gasteiger partial charge in [0.1, 0.15) is 0 Å². The van der Waals surface area contributed by atoms with E-state index in [1.807, 2.05) is 0 Å². The Hall–Kier alpha value is -1.40. The minimum atomic E-state index is -0.679. The maximum absolute atomic E-state index is 12.4. The van der Waals surface area contributed by atoms with Gasteiger partial charge in [-0.25, -0.2) is 0 Å². The van der Waals surface area contributed by atoms with Crippen LogP contribution in [0.25, 0.3) is 0 Å². The Balaban J connectivity index is 3.48. The van der Waals surface area contributed by atoms with Crippen molar-refractivity contribution in [2.75, 3.05) is 13.2 Å². The molecule has 0 saturated heterocycles. The fraction of sp³-hybridized carbons (Fsp3) is 0.913. The SMILES string of the molecule is CCCCCCCCC/C=C\CCCCCCCC(=O)OCCCCCCCCCCCC(=O)NC(CO)C(O)CCCCCCCCCCCC. The predicted octanol–water partition coefficient (Wildman–Crippen LogP) is 13.0. The topological polar surface area (TPSA) is 95.9 Å². The van der Waals surface area contributed by atoms with Gasteiger partial charge in [0.2, 0.25) is 5.91 Å². The van der Waals surface area contributed by atoms with Crippen LogP contribution in [0.1, 0.15) is 245 Å². The molecule has 52 heavy (non-hydrogen) atoms. The molecule has 0 heterocycles. The van der Waals surface area contributed by atoms with Crippen LogP contribution >= 0.6 is 0 Å². The van der Waals surface area contributed by atoms with Crippen LogP contribution in [0.15, 0.2) is 12.2 Å². The molecule has 0 aliphatic rings. The van der Waals surface area contributed by atoms with Gasteiger partial charge in [-0.3, -0.25) is 9.59 Å². The smallest absolute Gasteiger partial charge is 0.305 e. The molecule has 0 aromatic rings. The molecule has 0 radical (unpaired) electrons. The van der Waals surface area contributed by atoms with Crippen molar-refractivity contribution >= 4 is 11.9 Å². The van der Waals surface area contributed by atoms with Gasteiger partial charge in [0, 0.05) is 12.8 Å². The lowest BCUT2D eigenvalue weighted by atomic mass is 10.0. The van der Waals surface area contributed by atoms with Crippen LogP contribution in [0.5, 0.6) is 0 Å². The summed E-state index contributed by atoms with van der Waals surface area (Å²) in [5, 5.41) is 23.0. The molecule has 6 heteroatoms. The largest absolute Gasteiger partial charge is 0.466 e. The molecular formula is C46H89NO5. The third kappa shape index (κ3) is 38.3. The first kappa shape index (κ1) is 50.6. The van der Waals surface area contributed by atoms with Crippen molar-refractivity contribution in [3.05, 3.63) is 12.2 Å². The van der Waals surface area contributed by atoms with Gasteiger partial charge in [-0.15, -0.1) is 0 Å². The summed E-state index contributed by atoms with van der Waals surface area (Å²) in [5.74, 6) is -0.0980. The molecule has 0 aliphatic heterocycles. The molecule has 2 atom stereocenters. The highest BCUT2D eigenvalue weighted by Gasteiger charge is 2.20. The Morgan fingerprint density at radius 3 is 1.37 bits per heavy atom. The number of aliphatic hydroxyl groups is 2.